The zero-order valence-electron chi connectivity index (χ0n) is 17.5. The van der Waals surface area contributed by atoms with E-state index in [1.165, 1.54) is 12.1 Å². The van der Waals surface area contributed by atoms with E-state index in [4.69, 9.17) is 0 Å². The molecule has 0 radical (unpaired) electrons. The molecule has 2 rings (SSSR count). The van der Waals surface area contributed by atoms with Crippen LogP contribution in [0, 0.1) is 11.7 Å². The normalized spacial score (nSPS) is 11.9. The second kappa shape index (κ2) is 11.3. The van der Waals surface area contributed by atoms with Crippen molar-refractivity contribution in [2.75, 3.05) is 6.54 Å². The van der Waals surface area contributed by atoms with Crippen molar-refractivity contribution in [1.82, 2.24) is 10.2 Å². The smallest absolute Gasteiger partial charge is 0.243 e. The van der Waals surface area contributed by atoms with Crippen LogP contribution in [0.4, 0.5) is 4.39 Å². The van der Waals surface area contributed by atoms with Crippen molar-refractivity contribution in [3.8, 4) is 0 Å². The van der Waals surface area contributed by atoms with Crippen LogP contribution in [-0.4, -0.2) is 29.3 Å². The van der Waals surface area contributed by atoms with Crippen LogP contribution in [0.15, 0.2) is 54.6 Å². The van der Waals surface area contributed by atoms with Crippen molar-refractivity contribution in [2.24, 2.45) is 5.92 Å². The molecule has 1 atom stereocenters. The summed E-state index contributed by atoms with van der Waals surface area (Å²) in [7, 11) is 0. The monoisotopic (exact) mass is 398 g/mol. The zero-order chi connectivity index (χ0) is 21.2. The van der Waals surface area contributed by atoms with Gasteiger partial charge in [-0.1, -0.05) is 69.7 Å². The van der Waals surface area contributed by atoms with Crippen LogP contribution in [0.25, 0.3) is 0 Å². The molecule has 0 heterocycles. The molecule has 0 spiro atoms. The van der Waals surface area contributed by atoms with Gasteiger partial charge in [0.25, 0.3) is 0 Å². The third-order valence-electron chi connectivity index (χ3n) is 4.82. The Morgan fingerprint density at radius 2 is 1.66 bits per heavy atom. The van der Waals surface area contributed by atoms with Gasteiger partial charge in [-0.15, -0.1) is 0 Å². The summed E-state index contributed by atoms with van der Waals surface area (Å²) in [6, 6.07) is 15.1. The fraction of sp³-hybridized carbons (Fsp3) is 0.417. The molecular weight excluding hydrogens is 367 g/mol. The van der Waals surface area contributed by atoms with Gasteiger partial charge in [-0.2, -0.15) is 0 Å². The first-order valence-corrected chi connectivity index (χ1v) is 10.3. The van der Waals surface area contributed by atoms with E-state index in [-0.39, 0.29) is 30.1 Å². The van der Waals surface area contributed by atoms with E-state index in [0.29, 0.717) is 13.0 Å². The molecule has 0 fully saturated rings. The van der Waals surface area contributed by atoms with E-state index < -0.39 is 6.04 Å². The van der Waals surface area contributed by atoms with Crippen molar-refractivity contribution in [2.45, 2.75) is 52.6 Å². The van der Waals surface area contributed by atoms with Gasteiger partial charge in [-0.25, -0.2) is 4.39 Å². The van der Waals surface area contributed by atoms with Gasteiger partial charge in [0, 0.05) is 25.4 Å². The number of unbranched alkanes of at least 4 members (excludes halogenated alkanes) is 1. The quantitative estimate of drug-likeness (QED) is 0.606. The van der Waals surface area contributed by atoms with Gasteiger partial charge in [0.1, 0.15) is 11.9 Å². The maximum absolute atomic E-state index is 13.3. The topological polar surface area (TPSA) is 49.4 Å². The molecule has 0 unspecified atom stereocenters. The van der Waals surface area contributed by atoms with Crippen LogP contribution in [0.3, 0.4) is 0 Å². The number of hydrogen-bond donors (Lipinski definition) is 1. The van der Waals surface area contributed by atoms with Gasteiger partial charge < -0.3 is 10.2 Å². The van der Waals surface area contributed by atoms with Gasteiger partial charge in [-0.05, 0) is 29.7 Å². The molecule has 2 aromatic carbocycles. The standard InChI is InChI=1S/C24H31FN2O2/c1-4-5-15-26-23(28)22(16-19-9-7-6-8-10-19)27(24(29)18(2)3)17-20-11-13-21(25)14-12-20/h6-14,18,22H,4-5,15-17H2,1-3H3,(H,26,28)/t22-/m0/s1. The summed E-state index contributed by atoms with van der Waals surface area (Å²) in [6.45, 7) is 6.57. The minimum atomic E-state index is -0.630. The molecule has 5 heteroatoms. The van der Waals surface area contributed by atoms with Crippen LogP contribution >= 0.6 is 0 Å². The minimum Gasteiger partial charge on any atom is -0.354 e. The molecule has 0 aliphatic heterocycles. The van der Waals surface area contributed by atoms with Gasteiger partial charge in [-0.3, -0.25) is 9.59 Å². The van der Waals surface area contributed by atoms with E-state index in [0.717, 1.165) is 24.0 Å². The first kappa shape index (κ1) is 22.6. The number of rotatable bonds is 10. The van der Waals surface area contributed by atoms with Crippen molar-refractivity contribution >= 4 is 11.8 Å². The second-order valence-electron chi connectivity index (χ2n) is 7.60. The number of carbonyl (C=O) groups excluding carboxylic acids is 2. The highest BCUT2D eigenvalue weighted by atomic mass is 19.1. The second-order valence-corrected chi connectivity index (χ2v) is 7.60. The van der Waals surface area contributed by atoms with Crippen LogP contribution < -0.4 is 5.32 Å². The van der Waals surface area contributed by atoms with E-state index >= 15 is 0 Å². The third kappa shape index (κ3) is 7.00. The molecule has 4 nitrogen and oxygen atoms in total. The molecule has 2 aromatic rings. The van der Waals surface area contributed by atoms with Gasteiger partial charge in [0.05, 0.1) is 0 Å². The number of nitrogens with one attached hydrogen (secondary N) is 1. The highest BCUT2D eigenvalue weighted by Gasteiger charge is 2.31. The SMILES string of the molecule is CCCCNC(=O)[C@H](Cc1ccccc1)N(Cc1ccc(F)cc1)C(=O)C(C)C. The highest BCUT2D eigenvalue weighted by molar-refractivity contribution is 5.88. The van der Waals surface area contributed by atoms with Crippen LogP contribution in [0.2, 0.25) is 0 Å². The number of amides is 2. The minimum absolute atomic E-state index is 0.0964. The summed E-state index contributed by atoms with van der Waals surface area (Å²) in [5, 5.41) is 2.98. The fourth-order valence-electron chi connectivity index (χ4n) is 3.15. The number of halogens is 1. The first-order valence-electron chi connectivity index (χ1n) is 10.3. The molecule has 0 aliphatic rings. The Morgan fingerprint density at radius 3 is 2.24 bits per heavy atom. The van der Waals surface area contributed by atoms with E-state index in [1.807, 2.05) is 44.2 Å². The lowest BCUT2D eigenvalue weighted by atomic mass is 10.0. The number of carbonyl (C=O) groups is 2. The van der Waals surface area contributed by atoms with Crippen LogP contribution in [0.1, 0.15) is 44.7 Å². The van der Waals surface area contributed by atoms with Crippen molar-refractivity contribution in [3.63, 3.8) is 0 Å². The molecular formula is C24H31FN2O2. The molecule has 29 heavy (non-hydrogen) atoms. The number of nitrogens with zero attached hydrogens (tertiary/aromatic N) is 1. The highest BCUT2D eigenvalue weighted by Crippen LogP contribution is 2.17. The summed E-state index contributed by atoms with van der Waals surface area (Å²) in [5.74, 6) is -0.829. The molecule has 0 aromatic heterocycles. The van der Waals surface area contributed by atoms with Gasteiger partial charge >= 0.3 is 0 Å². The predicted octanol–water partition coefficient (Wildman–Crippen LogP) is 4.34. The van der Waals surface area contributed by atoms with E-state index in [2.05, 4.69) is 12.2 Å². The molecule has 1 N–H and O–H groups in total. The molecule has 0 bridgehead atoms. The Balaban J connectivity index is 2.33. The van der Waals surface area contributed by atoms with E-state index in [1.54, 1.807) is 17.0 Å². The van der Waals surface area contributed by atoms with Gasteiger partial charge in [0.2, 0.25) is 11.8 Å². The Morgan fingerprint density at radius 1 is 1.00 bits per heavy atom. The largest absolute Gasteiger partial charge is 0.354 e. The Kier molecular flexibility index (Phi) is 8.84. The summed E-state index contributed by atoms with van der Waals surface area (Å²) in [5.41, 5.74) is 1.78. The Labute approximate surface area is 173 Å². The summed E-state index contributed by atoms with van der Waals surface area (Å²) >= 11 is 0. The zero-order valence-corrected chi connectivity index (χ0v) is 17.5. The number of hydrogen-bond acceptors (Lipinski definition) is 2. The average molecular weight is 399 g/mol. The lowest BCUT2D eigenvalue weighted by Gasteiger charge is -2.32. The molecule has 156 valence electrons. The molecule has 2 amide bonds. The van der Waals surface area contributed by atoms with Crippen molar-refractivity contribution < 1.29 is 14.0 Å². The van der Waals surface area contributed by atoms with Crippen LogP contribution in [0.5, 0.6) is 0 Å². The van der Waals surface area contributed by atoms with E-state index in [9.17, 15) is 14.0 Å². The lowest BCUT2D eigenvalue weighted by Crippen LogP contribution is -2.51. The predicted molar refractivity (Wildman–Crippen MR) is 114 cm³/mol. The molecule has 0 saturated carbocycles. The number of benzene rings is 2. The first-order chi connectivity index (χ1) is 13.9. The third-order valence-corrected chi connectivity index (χ3v) is 4.82. The molecule has 0 aliphatic carbocycles. The molecule has 0 saturated heterocycles. The Hall–Kier alpha value is -2.69. The maximum Gasteiger partial charge on any atom is 0.243 e. The summed E-state index contributed by atoms with van der Waals surface area (Å²) in [4.78, 5) is 27.8. The maximum atomic E-state index is 13.3. The fourth-order valence-corrected chi connectivity index (χ4v) is 3.15. The average Bonchev–Trinajstić information content (AvgIpc) is 2.72. The summed E-state index contributed by atoms with van der Waals surface area (Å²) < 4.78 is 13.3. The van der Waals surface area contributed by atoms with Crippen molar-refractivity contribution in [3.05, 3.63) is 71.5 Å². The van der Waals surface area contributed by atoms with Gasteiger partial charge in [0.15, 0.2) is 0 Å². The van der Waals surface area contributed by atoms with Crippen molar-refractivity contribution in [1.29, 1.82) is 0 Å². The van der Waals surface area contributed by atoms with Crippen LogP contribution in [-0.2, 0) is 22.6 Å². The summed E-state index contributed by atoms with van der Waals surface area (Å²) in [6.07, 6.45) is 2.30. The lowest BCUT2D eigenvalue weighted by molar-refractivity contribution is -0.143. The Bertz CT molecular complexity index is 775.